The molecule has 200 valence electrons. The van der Waals surface area contributed by atoms with Gasteiger partial charge in [-0.3, -0.25) is 4.79 Å². The van der Waals surface area contributed by atoms with E-state index in [-0.39, 0.29) is 16.6 Å². The molecular weight excluding hydrogens is 511 g/mol. The van der Waals surface area contributed by atoms with Gasteiger partial charge in [-0.05, 0) is 62.7 Å². The molecule has 0 spiro atoms. The predicted molar refractivity (Wildman–Crippen MR) is 133 cm³/mol. The van der Waals surface area contributed by atoms with Gasteiger partial charge in [-0.2, -0.15) is 22.7 Å². The average Bonchev–Trinajstić information content (AvgIpc) is 3.23. The first-order chi connectivity index (χ1) is 17.5. The number of aromatic nitrogens is 4. The maximum absolute atomic E-state index is 14.2. The van der Waals surface area contributed by atoms with E-state index in [0.717, 1.165) is 17.9 Å². The molecule has 1 unspecified atom stereocenters. The van der Waals surface area contributed by atoms with Crippen molar-refractivity contribution in [1.29, 1.82) is 0 Å². The van der Waals surface area contributed by atoms with Crippen LogP contribution in [0.1, 0.15) is 43.2 Å². The van der Waals surface area contributed by atoms with Crippen molar-refractivity contribution in [2.75, 3.05) is 39.6 Å². The third kappa shape index (κ3) is 5.81. The number of ether oxygens (including phenoxy) is 1. The van der Waals surface area contributed by atoms with Crippen molar-refractivity contribution in [2.45, 2.75) is 38.1 Å². The van der Waals surface area contributed by atoms with Crippen molar-refractivity contribution in [2.24, 2.45) is 5.92 Å². The fraction of sp³-hybridized carbons (Fsp3) is 0.500. The van der Waals surface area contributed by atoms with Crippen LogP contribution in [0, 0.1) is 5.92 Å². The topological polar surface area (TPSA) is 87.9 Å². The number of rotatable bonds is 7. The number of nitrogens with one attached hydrogen (secondary N) is 1. The van der Waals surface area contributed by atoms with Crippen molar-refractivity contribution in [3.8, 4) is 0 Å². The van der Waals surface area contributed by atoms with E-state index in [4.69, 9.17) is 16.3 Å². The molecule has 0 radical (unpaired) electrons. The van der Waals surface area contributed by atoms with E-state index in [2.05, 4.69) is 20.4 Å². The fourth-order valence-corrected chi connectivity index (χ4v) is 4.90. The number of nitrogens with zero attached hydrogens (tertiary/aromatic N) is 6. The van der Waals surface area contributed by atoms with E-state index in [1.807, 2.05) is 18.9 Å². The number of fused-ring (bicyclic) bond motifs is 1. The van der Waals surface area contributed by atoms with E-state index in [9.17, 15) is 18.0 Å². The molecule has 2 aromatic heterocycles. The number of hydrogen-bond donors (Lipinski definition) is 1. The second kappa shape index (κ2) is 10.8. The van der Waals surface area contributed by atoms with Gasteiger partial charge >= 0.3 is 6.18 Å². The predicted octanol–water partition coefficient (Wildman–Crippen LogP) is 4.63. The molecule has 1 aliphatic heterocycles. The van der Waals surface area contributed by atoms with Crippen molar-refractivity contribution in [3.63, 3.8) is 0 Å². The normalized spacial score (nSPS) is 18.5. The maximum atomic E-state index is 14.2. The second-order valence-electron chi connectivity index (χ2n) is 9.27. The Balaban J connectivity index is 1.60. The number of amides is 1. The van der Waals surface area contributed by atoms with Crippen LogP contribution in [0.4, 0.5) is 24.5 Å². The third-order valence-electron chi connectivity index (χ3n) is 6.64. The van der Waals surface area contributed by atoms with Crippen LogP contribution >= 0.6 is 11.6 Å². The molecule has 1 fully saturated rings. The van der Waals surface area contributed by atoms with Gasteiger partial charge in [-0.25, -0.2) is 4.98 Å². The lowest BCUT2D eigenvalue weighted by atomic mass is 9.95. The van der Waals surface area contributed by atoms with E-state index in [1.54, 1.807) is 0 Å². The average molecular weight is 540 g/mol. The van der Waals surface area contributed by atoms with Gasteiger partial charge < -0.3 is 19.9 Å². The third-order valence-corrected chi connectivity index (χ3v) is 6.80. The smallest absolute Gasteiger partial charge is 0.375 e. The number of likely N-dealkylation sites (tertiary alicyclic amines) is 1. The molecule has 1 saturated heterocycles. The van der Waals surface area contributed by atoms with Gasteiger partial charge in [0.05, 0.1) is 29.6 Å². The molecule has 13 heteroatoms. The number of hydrogen-bond acceptors (Lipinski definition) is 7. The summed E-state index contributed by atoms with van der Waals surface area (Å²) < 4.78 is 49.4. The SMILES string of the molecule is CO[C@@H](C)c1c(Nc2ccc([C@H](N(C)C(=O)C3CCCN(C)C3)C(F)(F)F)cc2)cnc2nc(Cl)nn12. The highest BCUT2D eigenvalue weighted by Gasteiger charge is 2.46. The highest BCUT2D eigenvalue weighted by molar-refractivity contribution is 6.28. The first-order valence-corrected chi connectivity index (χ1v) is 12.2. The summed E-state index contributed by atoms with van der Waals surface area (Å²) in [6.07, 6.45) is -2.16. The minimum atomic E-state index is -4.64. The number of carbonyl (C=O) groups excluding carboxylic acids is 1. The monoisotopic (exact) mass is 539 g/mol. The minimum absolute atomic E-state index is 0.0234. The number of piperidine rings is 1. The highest BCUT2D eigenvalue weighted by atomic mass is 35.5. The van der Waals surface area contributed by atoms with Crippen LogP contribution < -0.4 is 5.32 Å². The minimum Gasteiger partial charge on any atom is -0.375 e. The molecule has 3 heterocycles. The van der Waals surface area contributed by atoms with Gasteiger partial charge in [0.15, 0.2) is 6.04 Å². The Kier molecular flexibility index (Phi) is 7.91. The van der Waals surface area contributed by atoms with Gasteiger partial charge in [0.2, 0.25) is 11.2 Å². The van der Waals surface area contributed by atoms with E-state index < -0.39 is 30.1 Å². The Hall–Kier alpha value is -2.96. The Morgan fingerprint density at radius 3 is 2.62 bits per heavy atom. The number of anilines is 2. The zero-order valence-electron chi connectivity index (χ0n) is 21.0. The Labute approximate surface area is 217 Å². The fourth-order valence-electron chi connectivity index (χ4n) is 4.75. The molecule has 3 aromatic rings. The van der Waals surface area contributed by atoms with Crippen molar-refractivity contribution < 1.29 is 22.7 Å². The lowest BCUT2D eigenvalue weighted by molar-refractivity contribution is -0.191. The zero-order valence-corrected chi connectivity index (χ0v) is 21.7. The molecule has 9 nitrogen and oxygen atoms in total. The second-order valence-corrected chi connectivity index (χ2v) is 9.61. The van der Waals surface area contributed by atoms with Crippen LogP contribution in [0.25, 0.3) is 5.78 Å². The maximum Gasteiger partial charge on any atom is 0.413 e. The first kappa shape index (κ1) is 27.1. The number of methoxy groups -OCH3 is 1. The first-order valence-electron chi connectivity index (χ1n) is 11.8. The Morgan fingerprint density at radius 1 is 1.30 bits per heavy atom. The molecule has 1 aliphatic rings. The molecule has 0 aliphatic carbocycles. The lowest BCUT2D eigenvalue weighted by Gasteiger charge is -2.36. The van der Waals surface area contributed by atoms with Crippen LogP contribution in [0.5, 0.6) is 0 Å². The summed E-state index contributed by atoms with van der Waals surface area (Å²) in [7, 11) is 4.63. The lowest BCUT2D eigenvalue weighted by Crippen LogP contribution is -2.46. The summed E-state index contributed by atoms with van der Waals surface area (Å²) in [5.74, 6) is -0.668. The molecule has 4 rings (SSSR count). The molecular formula is C24H29ClF3N7O2. The molecule has 1 aromatic carbocycles. The zero-order chi connectivity index (χ0) is 26.9. The van der Waals surface area contributed by atoms with Gasteiger partial charge in [0, 0.05) is 26.4 Å². The summed E-state index contributed by atoms with van der Waals surface area (Å²) in [6.45, 7) is 3.10. The van der Waals surface area contributed by atoms with E-state index in [0.29, 0.717) is 30.0 Å². The van der Waals surface area contributed by atoms with Gasteiger partial charge in [-0.15, -0.1) is 5.10 Å². The summed E-state index contributed by atoms with van der Waals surface area (Å²) in [4.78, 5) is 24.1. The Morgan fingerprint density at radius 2 is 2.00 bits per heavy atom. The summed E-state index contributed by atoms with van der Waals surface area (Å²) in [5, 5.41) is 7.34. The summed E-state index contributed by atoms with van der Waals surface area (Å²) in [5.41, 5.74) is 1.61. The molecule has 37 heavy (non-hydrogen) atoms. The van der Waals surface area contributed by atoms with E-state index in [1.165, 1.54) is 49.1 Å². The number of benzene rings is 1. The van der Waals surface area contributed by atoms with Crippen LogP contribution in [0.15, 0.2) is 30.5 Å². The largest absolute Gasteiger partial charge is 0.413 e. The van der Waals surface area contributed by atoms with Gasteiger partial charge in [0.25, 0.3) is 5.78 Å². The molecule has 0 bridgehead atoms. The van der Waals surface area contributed by atoms with E-state index >= 15 is 0 Å². The molecule has 0 saturated carbocycles. The molecule has 1 N–H and O–H groups in total. The van der Waals surface area contributed by atoms with Crippen LogP contribution in [-0.4, -0.2) is 75.8 Å². The summed E-state index contributed by atoms with van der Waals surface area (Å²) in [6, 6.07) is 3.74. The van der Waals surface area contributed by atoms with Crippen molar-refractivity contribution in [1.82, 2.24) is 29.4 Å². The number of halogens is 4. The van der Waals surface area contributed by atoms with Crippen molar-refractivity contribution >= 4 is 34.7 Å². The van der Waals surface area contributed by atoms with Crippen LogP contribution in [0.2, 0.25) is 5.28 Å². The number of carbonyl (C=O) groups is 1. The highest BCUT2D eigenvalue weighted by Crippen LogP contribution is 2.39. The number of alkyl halides is 3. The Bertz CT molecular complexity index is 1250. The standard InChI is InChI=1S/C24H29ClF3N7O2/c1-14(37-4)19-18(12-29-23-31-22(25)32-35(19)23)30-17-9-7-15(8-10-17)20(24(26,27)28)34(3)21(36)16-6-5-11-33(2)13-16/h7-10,12,14,16,20,30H,5-6,11,13H2,1-4H3/t14-,16?,20-/m0/s1. The van der Waals surface area contributed by atoms with Gasteiger partial charge in [-0.1, -0.05) is 12.1 Å². The van der Waals surface area contributed by atoms with Crippen LogP contribution in [0.3, 0.4) is 0 Å². The van der Waals surface area contributed by atoms with Crippen LogP contribution in [-0.2, 0) is 9.53 Å². The van der Waals surface area contributed by atoms with Crippen molar-refractivity contribution in [3.05, 3.63) is 47.0 Å². The molecule has 3 atom stereocenters. The quantitative estimate of drug-likeness (QED) is 0.468. The summed E-state index contributed by atoms with van der Waals surface area (Å²) >= 11 is 5.94. The van der Waals surface area contributed by atoms with Gasteiger partial charge in [0.1, 0.15) is 0 Å². The molecule has 1 amide bonds.